The van der Waals surface area contributed by atoms with Gasteiger partial charge in [0.1, 0.15) is 41.0 Å². The zero-order chi connectivity index (χ0) is 31.7. The van der Waals surface area contributed by atoms with Gasteiger partial charge in [-0.25, -0.2) is 0 Å². The van der Waals surface area contributed by atoms with E-state index in [9.17, 15) is 0 Å². The van der Waals surface area contributed by atoms with Crippen LogP contribution in [0, 0.1) is 0 Å². The molecule has 2 heteroatoms. The van der Waals surface area contributed by atoms with Crippen LogP contribution in [0.15, 0.2) is 163 Å². The number of benzene rings is 5. The molecule has 0 bridgehead atoms. The molecule has 0 aromatic heterocycles. The Morgan fingerprint density at radius 3 is 1.26 bits per heavy atom. The van der Waals surface area contributed by atoms with E-state index in [2.05, 4.69) is 172 Å². The lowest BCUT2D eigenvalue weighted by Gasteiger charge is -2.30. The third-order valence-electron chi connectivity index (χ3n) is 9.72. The van der Waals surface area contributed by atoms with E-state index < -0.39 is 14.5 Å². The quantitative estimate of drug-likeness (QED) is 0.113. The Labute approximate surface area is 279 Å². The monoisotopic (exact) mass is 638 g/mol. The Morgan fingerprint density at radius 1 is 0.457 bits per heavy atom. The van der Waals surface area contributed by atoms with E-state index in [1.165, 1.54) is 75.7 Å². The van der Waals surface area contributed by atoms with Crippen molar-refractivity contribution in [3.63, 3.8) is 0 Å². The summed E-state index contributed by atoms with van der Waals surface area (Å²) in [6.07, 6.45) is 16.7. The van der Waals surface area contributed by atoms with Crippen LogP contribution in [0.25, 0.3) is 11.1 Å². The third kappa shape index (κ3) is 6.49. The molecule has 0 spiro atoms. The molecule has 0 amide bonds. The molecule has 0 radical (unpaired) electrons. The Balaban J connectivity index is 1.40. The summed E-state index contributed by atoms with van der Waals surface area (Å²) in [6, 6.07) is 53.4. The van der Waals surface area contributed by atoms with Crippen molar-refractivity contribution in [1.29, 1.82) is 0 Å². The second-order valence-electron chi connectivity index (χ2n) is 12.5. The van der Waals surface area contributed by atoms with Crippen molar-refractivity contribution in [2.75, 3.05) is 12.3 Å². The van der Waals surface area contributed by atoms with Gasteiger partial charge in [0.2, 0.25) is 0 Å². The maximum atomic E-state index is 2.46. The summed E-state index contributed by atoms with van der Waals surface area (Å²) in [7, 11) is -3.48. The van der Waals surface area contributed by atoms with Gasteiger partial charge in [0.25, 0.3) is 0 Å². The van der Waals surface area contributed by atoms with Gasteiger partial charge in [-0.2, -0.15) is 0 Å². The van der Waals surface area contributed by atoms with Gasteiger partial charge < -0.3 is 0 Å². The first-order valence-corrected chi connectivity index (χ1v) is 21.2. The summed E-state index contributed by atoms with van der Waals surface area (Å²) in [5.41, 5.74) is 2.59. The lowest BCUT2D eigenvalue weighted by atomic mass is 10.1. The van der Waals surface area contributed by atoms with E-state index in [0.717, 1.165) is 12.8 Å². The van der Waals surface area contributed by atoms with E-state index >= 15 is 0 Å². The second-order valence-corrected chi connectivity index (χ2v) is 19.8. The second kappa shape index (κ2) is 15.4. The van der Waals surface area contributed by atoms with Gasteiger partial charge in [-0.15, -0.1) is 0 Å². The molecule has 0 N–H and O–H groups in total. The van der Waals surface area contributed by atoms with Crippen LogP contribution >= 0.6 is 14.5 Å². The molecule has 5 aromatic rings. The van der Waals surface area contributed by atoms with Gasteiger partial charge >= 0.3 is 0 Å². The van der Waals surface area contributed by atoms with Crippen LogP contribution in [0.3, 0.4) is 0 Å². The maximum absolute atomic E-state index is 2.46. The summed E-state index contributed by atoms with van der Waals surface area (Å²) in [4.78, 5) is 0. The highest BCUT2D eigenvalue weighted by Crippen LogP contribution is 2.66. The number of allylic oxidation sites excluding steroid dienone is 4. The minimum Gasteiger partial charge on any atom is -0.0839 e. The summed E-state index contributed by atoms with van der Waals surface area (Å²) in [5, 5.41) is 9.13. The Bertz CT molecular complexity index is 1680. The first kappa shape index (κ1) is 32.4. The van der Waals surface area contributed by atoms with Crippen LogP contribution in [0.5, 0.6) is 0 Å². The average Bonchev–Trinajstić information content (AvgIpc) is 3.14. The van der Waals surface area contributed by atoms with Gasteiger partial charge in [0.05, 0.1) is 17.6 Å². The third-order valence-corrected chi connectivity index (χ3v) is 18.9. The van der Waals surface area contributed by atoms with Crippen LogP contribution in [-0.2, 0) is 0 Å². The van der Waals surface area contributed by atoms with Crippen molar-refractivity contribution in [2.45, 2.75) is 52.4 Å². The predicted molar refractivity (Wildman–Crippen MR) is 209 cm³/mol. The average molecular weight is 639 g/mol. The highest BCUT2D eigenvalue weighted by atomic mass is 31.2. The van der Waals surface area contributed by atoms with Crippen molar-refractivity contribution in [1.82, 2.24) is 0 Å². The Morgan fingerprint density at radius 2 is 0.848 bits per heavy atom. The molecule has 1 aliphatic carbocycles. The highest BCUT2D eigenvalue weighted by Gasteiger charge is 2.46. The molecule has 0 fully saturated rings. The highest BCUT2D eigenvalue weighted by molar-refractivity contribution is 7.95. The number of unbranched alkanes of at least 4 members (excludes halogenated alkanes) is 2. The SMILES string of the molecule is CCCC[P+](C1=CC=CCC1)(c1ccccc1)c1ccc(-c2ccc([P+](CCCC)(c3ccccc3)c3ccccc3)cc2)cc1. The Hall–Kier alpha value is -3.56. The summed E-state index contributed by atoms with van der Waals surface area (Å²) in [6.45, 7) is 4.65. The van der Waals surface area contributed by atoms with Crippen molar-refractivity contribution in [2.24, 2.45) is 0 Å². The molecule has 1 atom stereocenters. The predicted octanol–water partition coefficient (Wildman–Crippen LogP) is 10.4. The normalized spacial score (nSPS) is 14.4. The van der Waals surface area contributed by atoms with Crippen molar-refractivity contribution in [3.05, 3.63) is 163 Å². The first-order chi connectivity index (χ1) is 22.7. The van der Waals surface area contributed by atoms with Gasteiger partial charge in [-0.3, -0.25) is 0 Å². The smallest absolute Gasteiger partial charge is 0.0839 e. The first-order valence-electron chi connectivity index (χ1n) is 17.2. The fourth-order valence-corrected chi connectivity index (χ4v) is 16.5. The van der Waals surface area contributed by atoms with Gasteiger partial charge in [-0.05, 0) is 97.1 Å². The van der Waals surface area contributed by atoms with E-state index in [0.29, 0.717) is 0 Å². The van der Waals surface area contributed by atoms with Crippen molar-refractivity contribution in [3.8, 4) is 11.1 Å². The molecule has 0 nitrogen and oxygen atoms in total. The summed E-state index contributed by atoms with van der Waals surface area (Å²) >= 11 is 0. The lowest BCUT2D eigenvalue weighted by molar-refractivity contribution is 0.888. The molecule has 1 unspecified atom stereocenters. The van der Waals surface area contributed by atoms with Crippen LogP contribution in [0.2, 0.25) is 0 Å². The van der Waals surface area contributed by atoms with Crippen molar-refractivity contribution < 1.29 is 0 Å². The molecule has 232 valence electrons. The molecule has 1 aliphatic rings. The lowest BCUT2D eigenvalue weighted by Crippen LogP contribution is -2.33. The van der Waals surface area contributed by atoms with Crippen LogP contribution in [0.1, 0.15) is 52.4 Å². The van der Waals surface area contributed by atoms with Gasteiger partial charge in [0.15, 0.2) is 0 Å². The maximum Gasteiger partial charge on any atom is 0.112 e. The molecule has 0 heterocycles. The molecule has 46 heavy (non-hydrogen) atoms. The zero-order valence-corrected chi connectivity index (χ0v) is 29.4. The fourth-order valence-electron chi connectivity index (χ4n) is 7.28. The zero-order valence-electron chi connectivity index (χ0n) is 27.6. The minimum absolute atomic E-state index is 1.14. The van der Waals surface area contributed by atoms with E-state index in [1.807, 2.05) is 0 Å². The summed E-state index contributed by atoms with van der Waals surface area (Å²) < 4.78 is 0. The standard InChI is InChI=1S/C44H48P2/c1-3-5-35-45(39-19-11-7-12-20-39,40-21-13-8-14-22-40)43-31-27-37(28-32-43)38-29-33-44(34-30-38)46(36-6-4-2,41-23-15-9-16-24-41)42-25-17-10-18-26-42/h7-17,19-25,27-34H,3-6,18,26,35-36H2,1-2H3/q+2. The minimum atomic E-state index is -1.78. The summed E-state index contributed by atoms with van der Waals surface area (Å²) in [5.74, 6) is 0. The van der Waals surface area contributed by atoms with Crippen LogP contribution in [0.4, 0.5) is 0 Å². The fraction of sp³-hybridized carbons (Fsp3) is 0.227. The topological polar surface area (TPSA) is 0 Å². The molecule has 0 aliphatic heterocycles. The molecule has 5 aromatic carbocycles. The number of hydrogen-bond acceptors (Lipinski definition) is 0. The molecule has 0 saturated carbocycles. The van der Waals surface area contributed by atoms with Crippen LogP contribution in [-0.4, -0.2) is 12.3 Å². The van der Waals surface area contributed by atoms with Gasteiger partial charge in [0, 0.05) is 6.42 Å². The van der Waals surface area contributed by atoms with E-state index in [1.54, 1.807) is 5.31 Å². The van der Waals surface area contributed by atoms with Crippen molar-refractivity contribution >= 4 is 41.0 Å². The van der Waals surface area contributed by atoms with Crippen LogP contribution < -0.4 is 26.5 Å². The van der Waals surface area contributed by atoms with E-state index in [4.69, 9.17) is 0 Å². The van der Waals surface area contributed by atoms with Gasteiger partial charge in [-0.1, -0.05) is 118 Å². The molecule has 6 rings (SSSR count). The largest absolute Gasteiger partial charge is 0.112 e. The number of rotatable bonds is 13. The molecule has 0 saturated heterocycles. The number of hydrogen-bond donors (Lipinski definition) is 0. The molecular weight excluding hydrogens is 590 g/mol. The molecular formula is C44H48P2+2. The van der Waals surface area contributed by atoms with E-state index in [-0.39, 0.29) is 0 Å². The Kier molecular flexibility index (Phi) is 10.8.